The van der Waals surface area contributed by atoms with Gasteiger partial charge < -0.3 is 0 Å². The lowest BCUT2D eigenvalue weighted by molar-refractivity contribution is 0.864. The van der Waals surface area contributed by atoms with Crippen molar-refractivity contribution in [3.63, 3.8) is 0 Å². The average molecular weight is 326 g/mol. The molecular formula is C22H18N2O. The van der Waals surface area contributed by atoms with Gasteiger partial charge in [0, 0.05) is 5.56 Å². The molecule has 25 heavy (non-hydrogen) atoms. The third kappa shape index (κ3) is 2.70. The third-order valence-corrected chi connectivity index (χ3v) is 4.37. The summed E-state index contributed by atoms with van der Waals surface area (Å²) >= 11 is 0. The summed E-state index contributed by atoms with van der Waals surface area (Å²) < 4.78 is 1.90. The monoisotopic (exact) mass is 326 g/mol. The molecule has 0 aliphatic heterocycles. The number of rotatable bonds is 3. The van der Waals surface area contributed by atoms with Crippen molar-refractivity contribution in [3.8, 4) is 28.1 Å². The Morgan fingerprint density at radius 1 is 0.720 bits per heavy atom. The van der Waals surface area contributed by atoms with E-state index in [0.29, 0.717) is 5.56 Å². The molecule has 3 nitrogen and oxygen atoms in total. The van der Waals surface area contributed by atoms with Gasteiger partial charge in [0.1, 0.15) is 0 Å². The minimum absolute atomic E-state index is 0.0895. The lowest BCUT2D eigenvalue weighted by Gasteiger charge is -2.13. The number of H-pyrrole nitrogens is 1. The fourth-order valence-electron chi connectivity index (χ4n) is 3.17. The van der Waals surface area contributed by atoms with Gasteiger partial charge >= 0.3 is 0 Å². The Balaban J connectivity index is 2.07. The SMILES string of the molecule is Cc1ccccc1-n1[nH]c(=O)c(-c2ccccc2)c1-c1ccccc1. The average Bonchev–Trinajstić information content (AvgIpc) is 3.00. The first-order valence-electron chi connectivity index (χ1n) is 8.27. The highest BCUT2D eigenvalue weighted by atomic mass is 16.1. The zero-order valence-electron chi connectivity index (χ0n) is 13.9. The lowest BCUT2D eigenvalue weighted by atomic mass is 10.0. The molecule has 0 saturated heterocycles. The maximum atomic E-state index is 12.8. The topological polar surface area (TPSA) is 37.8 Å². The first kappa shape index (κ1) is 15.2. The summed E-state index contributed by atoms with van der Waals surface area (Å²) in [6.07, 6.45) is 0. The molecule has 0 radical (unpaired) electrons. The summed E-state index contributed by atoms with van der Waals surface area (Å²) in [6, 6.07) is 27.9. The van der Waals surface area contributed by atoms with Gasteiger partial charge in [-0.15, -0.1) is 0 Å². The van der Waals surface area contributed by atoms with Gasteiger partial charge in [-0.2, -0.15) is 0 Å². The zero-order chi connectivity index (χ0) is 17.2. The minimum atomic E-state index is -0.0895. The van der Waals surface area contributed by atoms with E-state index >= 15 is 0 Å². The Morgan fingerprint density at radius 2 is 1.28 bits per heavy atom. The number of hydrogen-bond donors (Lipinski definition) is 1. The van der Waals surface area contributed by atoms with Crippen LogP contribution in [0.2, 0.25) is 0 Å². The van der Waals surface area contributed by atoms with Crippen LogP contribution in [-0.4, -0.2) is 9.78 Å². The third-order valence-electron chi connectivity index (χ3n) is 4.37. The number of hydrogen-bond acceptors (Lipinski definition) is 1. The van der Waals surface area contributed by atoms with E-state index in [1.54, 1.807) is 0 Å². The predicted octanol–water partition coefficient (Wildman–Crippen LogP) is 4.81. The molecule has 3 heteroatoms. The number of nitrogens with one attached hydrogen (secondary N) is 1. The maximum Gasteiger partial charge on any atom is 0.272 e. The molecule has 0 aliphatic rings. The van der Waals surface area contributed by atoms with E-state index < -0.39 is 0 Å². The zero-order valence-corrected chi connectivity index (χ0v) is 13.9. The molecule has 0 bridgehead atoms. The molecule has 0 fully saturated rings. The van der Waals surface area contributed by atoms with Gasteiger partial charge in [0.2, 0.25) is 0 Å². The summed E-state index contributed by atoms with van der Waals surface area (Å²) in [5.41, 5.74) is 5.47. The fourth-order valence-corrected chi connectivity index (χ4v) is 3.17. The van der Waals surface area contributed by atoms with E-state index in [2.05, 4.69) is 5.10 Å². The number of aromatic amines is 1. The van der Waals surface area contributed by atoms with E-state index in [9.17, 15) is 4.79 Å². The molecule has 0 atom stereocenters. The Bertz CT molecular complexity index is 1060. The van der Waals surface area contributed by atoms with Crippen LogP contribution >= 0.6 is 0 Å². The molecule has 1 N–H and O–H groups in total. The van der Waals surface area contributed by atoms with Crippen LogP contribution in [-0.2, 0) is 0 Å². The van der Waals surface area contributed by atoms with E-state index in [1.165, 1.54) is 0 Å². The van der Waals surface area contributed by atoms with Crippen LogP contribution in [0.1, 0.15) is 5.56 Å². The first-order chi connectivity index (χ1) is 12.3. The van der Waals surface area contributed by atoms with E-state index in [1.807, 2.05) is 96.5 Å². The normalized spacial score (nSPS) is 10.8. The quantitative estimate of drug-likeness (QED) is 0.576. The molecular weight excluding hydrogens is 308 g/mol. The van der Waals surface area contributed by atoms with Crippen LogP contribution in [0.4, 0.5) is 0 Å². The van der Waals surface area contributed by atoms with Crippen molar-refractivity contribution in [2.45, 2.75) is 6.92 Å². The Hall–Kier alpha value is -3.33. The molecule has 122 valence electrons. The van der Waals surface area contributed by atoms with Crippen LogP contribution < -0.4 is 5.56 Å². The van der Waals surface area contributed by atoms with Crippen LogP contribution in [0.25, 0.3) is 28.1 Å². The van der Waals surface area contributed by atoms with E-state index in [0.717, 1.165) is 28.1 Å². The molecule has 0 amide bonds. The largest absolute Gasteiger partial charge is 0.272 e. The number of aromatic nitrogens is 2. The van der Waals surface area contributed by atoms with Gasteiger partial charge in [0.15, 0.2) is 0 Å². The Morgan fingerprint density at radius 3 is 1.92 bits per heavy atom. The van der Waals surface area contributed by atoms with Crippen molar-refractivity contribution in [3.05, 3.63) is 101 Å². The molecule has 4 aromatic rings. The molecule has 3 aromatic carbocycles. The maximum absolute atomic E-state index is 12.8. The summed E-state index contributed by atoms with van der Waals surface area (Å²) in [6.45, 7) is 2.05. The predicted molar refractivity (Wildman–Crippen MR) is 102 cm³/mol. The van der Waals surface area contributed by atoms with Gasteiger partial charge in [0.05, 0.1) is 16.9 Å². The van der Waals surface area contributed by atoms with Crippen LogP contribution in [0, 0.1) is 6.92 Å². The number of nitrogens with zero attached hydrogens (tertiary/aromatic N) is 1. The van der Waals surface area contributed by atoms with E-state index in [-0.39, 0.29) is 5.56 Å². The van der Waals surface area contributed by atoms with Crippen molar-refractivity contribution >= 4 is 0 Å². The molecule has 1 heterocycles. The van der Waals surface area contributed by atoms with Gasteiger partial charge in [-0.25, -0.2) is 0 Å². The highest BCUT2D eigenvalue weighted by Gasteiger charge is 2.19. The molecule has 0 saturated carbocycles. The number of aryl methyl sites for hydroxylation is 1. The molecule has 0 aliphatic carbocycles. The Kier molecular flexibility index (Phi) is 3.82. The second-order valence-electron chi connectivity index (χ2n) is 6.02. The van der Waals surface area contributed by atoms with Crippen molar-refractivity contribution < 1.29 is 0 Å². The summed E-state index contributed by atoms with van der Waals surface area (Å²) in [7, 11) is 0. The fraction of sp³-hybridized carbons (Fsp3) is 0.0455. The molecule has 1 aromatic heterocycles. The van der Waals surface area contributed by atoms with E-state index in [4.69, 9.17) is 0 Å². The van der Waals surface area contributed by atoms with Gasteiger partial charge in [-0.1, -0.05) is 78.9 Å². The summed E-state index contributed by atoms with van der Waals surface area (Å²) in [5.74, 6) is 0. The smallest absolute Gasteiger partial charge is 0.267 e. The second kappa shape index (κ2) is 6.29. The summed E-state index contributed by atoms with van der Waals surface area (Å²) in [5, 5.41) is 3.03. The van der Waals surface area contributed by atoms with Crippen LogP contribution in [0.3, 0.4) is 0 Å². The van der Waals surface area contributed by atoms with Gasteiger partial charge in [-0.05, 0) is 24.1 Å². The van der Waals surface area contributed by atoms with Crippen molar-refractivity contribution in [1.29, 1.82) is 0 Å². The number of para-hydroxylation sites is 1. The molecule has 0 spiro atoms. The first-order valence-corrected chi connectivity index (χ1v) is 8.27. The lowest BCUT2D eigenvalue weighted by Crippen LogP contribution is -2.06. The van der Waals surface area contributed by atoms with Gasteiger partial charge in [-0.3, -0.25) is 14.6 Å². The van der Waals surface area contributed by atoms with Gasteiger partial charge in [0.25, 0.3) is 5.56 Å². The van der Waals surface area contributed by atoms with Crippen LogP contribution in [0.15, 0.2) is 89.7 Å². The molecule has 4 rings (SSSR count). The second-order valence-corrected chi connectivity index (χ2v) is 6.02. The highest BCUT2D eigenvalue weighted by molar-refractivity contribution is 5.82. The minimum Gasteiger partial charge on any atom is -0.267 e. The highest BCUT2D eigenvalue weighted by Crippen LogP contribution is 2.31. The van der Waals surface area contributed by atoms with Crippen LogP contribution in [0.5, 0.6) is 0 Å². The Labute approximate surface area is 146 Å². The number of benzene rings is 3. The van der Waals surface area contributed by atoms with Crippen molar-refractivity contribution in [1.82, 2.24) is 9.78 Å². The summed E-state index contributed by atoms with van der Waals surface area (Å²) in [4.78, 5) is 12.8. The van der Waals surface area contributed by atoms with Crippen molar-refractivity contribution in [2.75, 3.05) is 0 Å². The molecule has 0 unspecified atom stereocenters. The standard InChI is InChI=1S/C22H18N2O/c1-16-10-8-9-15-19(16)24-21(18-13-6-3-7-14-18)20(22(25)23-24)17-11-4-2-5-12-17/h2-15H,1H3,(H,23,25). The van der Waals surface area contributed by atoms with Crippen molar-refractivity contribution in [2.24, 2.45) is 0 Å².